The van der Waals surface area contributed by atoms with Gasteiger partial charge in [-0.1, -0.05) is 52.4 Å². The molecule has 14 heteroatoms. The number of aromatic nitrogens is 3. The Bertz CT molecular complexity index is 1970. The number of benzene rings is 1. The van der Waals surface area contributed by atoms with E-state index in [2.05, 4.69) is 28.7 Å². The van der Waals surface area contributed by atoms with Gasteiger partial charge < -0.3 is 24.2 Å². The zero-order valence-electron chi connectivity index (χ0n) is 34.0. The van der Waals surface area contributed by atoms with Crippen molar-refractivity contribution in [2.75, 3.05) is 44.5 Å². The lowest BCUT2D eigenvalue weighted by Gasteiger charge is -2.41. The first-order valence-electron chi connectivity index (χ1n) is 21.7. The number of anilines is 1. The number of unbranched alkanes of at least 4 members (excludes halogenated alkanes) is 6. The number of esters is 1. The summed E-state index contributed by atoms with van der Waals surface area (Å²) in [4.78, 5) is 45.8. The van der Waals surface area contributed by atoms with Crippen molar-refractivity contribution in [2.24, 2.45) is 0 Å². The average molecular weight is 805 g/mol. The van der Waals surface area contributed by atoms with Crippen molar-refractivity contribution in [3.8, 4) is 23.0 Å². The van der Waals surface area contributed by atoms with Crippen LogP contribution in [0.25, 0.3) is 22.2 Å². The molecule has 1 aromatic carbocycles. The summed E-state index contributed by atoms with van der Waals surface area (Å²) in [5, 5.41) is 11.1. The highest BCUT2D eigenvalue weighted by Gasteiger charge is 2.50. The van der Waals surface area contributed by atoms with E-state index in [1.807, 2.05) is 4.90 Å². The van der Waals surface area contributed by atoms with Gasteiger partial charge in [0.2, 0.25) is 6.79 Å². The number of alkyl halides is 1. The smallest absolute Gasteiger partial charge is 0.413 e. The number of hydrogen-bond acceptors (Lipinski definition) is 11. The van der Waals surface area contributed by atoms with E-state index in [1.54, 1.807) is 23.2 Å². The second-order valence-electron chi connectivity index (χ2n) is 17.3. The average Bonchev–Trinajstić information content (AvgIpc) is 3.82. The topological polar surface area (TPSA) is 130 Å². The minimum absolute atomic E-state index is 0.000819. The summed E-state index contributed by atoms with van der Waals surface area (Å²) in [7, 11) is 0. The van der Waals surface area contributed by atoms with E-state index < -0.39 is 30.4 Å². The molecule has 1 unspecified atom stereocenters. The van der Waals surface area contributed by atoms with Gasteiger partial charge in [-0.25, -0.2) is 13.6 Å². The van der Waals surface area contributed by atoms with Gasteiger partial charge >= 0.3 is 18.1 Å². The van der Waals surface area contributed by atoms with E-state index in [9.17, 15) is 19.1 Å². The van der Waals surface area contributed by atoms with Crippen molar-refractivity contribution in [1.29, 1.82) is 0 Å². The number of ether oxygens (including phenoxy) is 3. The molecule has 12 nitrogen and oxygen atoms in total. The lowest BCUT2D eigenvalue weighted by atomic mass is 9.80. The summed E-state index contributed by atoms with van der Waals surface area (Å²) < 4.78 is 48.8. The van der Waals surface area contributed by atoms with Gasteiger partial charge in [-0.3, -0.25) is 19.6 Å². The number of piperazine rings is 1. The van der Waals surface area contributed by atoms with Crippen LogP contribution in [0.4, 0.5) is 19.4 Å². The van der Waals surface area contributed by atoms with E-state index in [-0.39, 0.29) is 53.5 Å². The molecule has 0 spiro atoms. The van der Waals surface area contributed by atoms with E-state index >= 15 is 4.39 Å². The molecular weight excluding hydrogens is 747 g/mol. The van der Waals surface area contributed by atoms with Crippen LogP contribution in [0.3, 0.4) is 0 Å². The molecule has 58 heavy (non-hydrogen) atoms. The van der Waals surface area contributed by atoms with E-state index in [0.717, 1.165) is 81.9 Å². The number of amides is 1. The van der Waals surface area contributed by atoms with Gasteiger partial charge in [0.25, 0.3) is 0 Å². The second kappa shape index (κ2) is 17.5. The highest BCUT2D eigenvalue weighted by atomic mass is 19.1. The lowest BCUT2D eigenvalue weighted by Crippen LogP contribution is -2.56. The maximum absolute atomic E-state index is 17.1. The molecule has 2 bridgehead atoms. The molecule has 6 heterocycles. The van der Waals surface area contributed by atoms with Crippen molar-refractivity contribution in [1.82, 2.24) is 24.8 Å². The normalized spacial score (nSPS) is 25.2. The van der Waals surface area contributed by atoms with Crippen LogP contribution < -0.4 is 9.64 Å². The zero-order chi connectivity index (χ0) is 40.4. The highest BCUT2D eigenvalue weighted by molar-refractivity contribution is 5.92. The van der Waals surface area contributed by atoms with Crippen LogP contribution in [0.2, 0.25) is 0 Å². The van der Waals surface area contributed by atoms with Crippen molar-refractivity contribution >= 4 is 28.8 Å². The molecule has 2 aromatic heterocycles. The van der Waals surface area contributed by atoms with Crippen LogP contribution in [0.1, 0.15) is 127 Å². The minimum Gasteiger partial charge on any atom is -0.508 e. The number of hydrogen-bond donors (Lipinski definition) is 1. The Kier molecular flexibility index (Phi) is 12.2. The SMILES string of the molecule is CCCCCCCCCC(=O)OCOC(=O)N1[C@@H]2CC[C@H]1CN(c1nc(OC[C@@]34CCCN3C[C@H](F)C4)nc3c(F)c(-c4cc(O)cc5c4C(C)CCC5)ncc13)C2. The van der Waals surface area contributed by atoms with Crippen molar-refractivity contribution in [3.63, 3.8) is 0 Å². The third-order valence-corrected chi connectivity index (χ3v) is 13.3. The zero-order valence-corrected chi connectivity index (χ0v) is 34.0. The van der Waals surface area contributed by atoms with Crippen LogP contribution in [0, 0.1) is 5.82 Å². The molecule has 5 aliphatic rings. The van der Waals surface area contributed by atoms with Crippen molar-refractivity contribution < 1.29 is 37.7 Å². The van der Waals surface area contributed by atoms with Crippen LogP contribution in [-0.2, 0) is 20.7 Å². The van der Waals surface area contributed by atoms with Crippen molar-refractivity contribution in [2.45, 2.75) is 146 Å². The Morgan fingerprint density at radius 2 is 1.76 bits per heavy atom. The molecule has 1 N–H and O–H groups in total. The Morgan fingerprint density at radius 1 is 0.983 bits per heavy atom. The third-order valence-electron chi connectivity index (χ3n) is 13.3. The summed E-state index contributed by atoms with van der Waals surface area (Å²) in [6.07, 6.45) is 14.4. The number of phenolic OH excluding ortho intramolecular Hbond substituents is 1. The Hall–Kier alpha value is -4.33. The number of pyridine rings is 1. The van der Waals surface area contributed by atoms with Gasteiger partial charge in [-0.15, -0.1) is 0 Å². The number of fused-ring (bicyclic) bond motifs is 5. The molecule has 4 fully saturated rings. The van der Waals surface area contributed by atoms with Crippen LogP contribution in [0.15, 0.2) is 18.3 Å². The quantitative estimate of drug-likeness (QED) is 0.0904. The Balaban J connectivity index is 1.01. The maximum Gasteiger partial charge on any atom is 0.413 e. The molecule has 4 aliphatic heterocycles. The summed E-state index contributed by atoms with van der Waals surface area (Å²) >= 11 is 0. The summed E-state index contributed by atoms with van der Waals surface area (Å²) in [6.45, 7) is 6.05. The number of carbonyl (C=O) groups is 2. The number of aromatic hydroxyl groups is 1. The molecule has 1 amide bonds. The summed E-state index contributed by atoms with van der Waals surface area (Å²) in [6, 6.07) is 2.93. The number of rotatable bonds is 15. The first kappa shape index (κ1) is 40.4. The molecule has 0 radical (unpaired) electrons. The van der Waals surface area contributed by atoms with Crippen LogP contribution in [-0.4, -0.2) is 105 Å². The molecule has 4 saturated heterocycles. The molecule has 0 saturated carbocycles. The van der Waals surface area contributed by atoms with Gasteiger partial charge in [0.1, 0.15) is 35.6 Å². The van der Waals surface area contributed by atoms with Gasteiger partial charge in [-0.05, 0) is 87.1 Å². The second-order valence-corrected chi connectivity index (χ2v) is 17.3. The van der Waals surface area contributed by atoms with Gasteiger partial charge in [0.15, 0.2) is 5.82 Å². The van der Waals surface area contributed by atoms with E-state index in [1.165, 1.54) is 25.7 Å². The van der Waals surface area contributed by atoms with Crippen molar-refractivity contribution in [3.05, 3.63) is 35.3 Å². The predicted octanol–water partition coefficient (Wildman–Crippen LogP) is 8.36. The maximum atomic E-state index is 17.1. The Labute approximate surface area is 339 Å². The monoisotopic (exact) mass is 804 g/mol. The van der Waals surface area contributed by atoms with Gasteiger partial charge in [0, 0.05) is 44.2 Å². The standard InChI is InChI=1S/C44H58F2N6O6/c1-3-4-5-6-7-8-9-14-36(54)57-27-58-43(55)52-31-15-16-32(52)25-50(24-31)41-35-22-47-39(34-20-33(53)19-29-13-10-12-28(2)37(29)34)38(46)40(35)48-42(49-41)56-26-44-17-11-18-51(44)23-30(45)21-44/h19-20,22,28,30-32,53H,3-18,21,23-27H2,1-2H3/t28?,30-,31-,32+,44+/m1/s1. The van der Waals surface area contributed by atoms with E-state index in [0.29, 0.717) is 49.2 Å². The number of halogens is 2. The van der Waals surface area contributed by atoms with Gasteiger partial charge in [-0.2, -0.15) is 9.97 Å². The predicted molar refractivity (Wildman–Crippen MR) is 215 cm³/mol. The first-order valence-corrected chi connectivity index (χ1v) is 21.7. The number of carbonyl (C=O) groups excluding carboxylic acids is 2. The number of aryl methyl sites for hydroxylation is 1. The lowest BCUT2D eigenvalue weighted by molar-refractivity contribution is -0.152. The highest BCUT2D eigenvalue weighted by Crippen LogP contribution is 2.44. The molecular formula is C44H58F2N6O6. The molecule has 8 rings (SSSR count). The largest absolute Gasteiger partial charge is 0.508 e. The number of phenols is 1. The fourth-order valence-corrected chi connectivity index (χ4v) is 10.5. The Morgan fingerprint density at radius 3 is 2.55 bits per heavy atom. The van der Waals surface area contributed by atoms with Crippen LogP contribution in [0.5, 0.6) is 11.8 Å². The number of nitrogens with zero attached hydrogens (tertiary/aromatic N) is 6. The molecule has 5 atom stereocenters. The minimum atomic E-state index is -0.931. The fourth-order valence-electron chi connectivity index (χ4n) is 10.5. The summed E-state index contributed by atoms with van der Waals surface area (Å²) in [5.41, 5.74) is 2.25. The van der Waals surface area contributed by atoms with Gasteiger partial charge in [0.05, 0.1) is 23.0 Å². The summed E-state index contributed by atoms with van der Waals surface area (Å²) in [5.74, 6) is -0.329. The molecule has 314 valence electrons. The van der Waals surface area contributed by atoms with E-state index in [4.69, 9.17) is 19.2 Å². The third kappa shape index (κ3) is 8.27. The van der Waals surface area contributed by atoms with Crippen LogP contribution >= 0.6 is 0 Å². The first-order chi connectivity index (χ1) is 28.1. The molecule has 1 aliphatic carbocycles. The molecule has 3 aromatic rings. The fraction of sp³-hybridized carbons (Fsp3) is 0.659.